The third kappa shape index (κ3) is 4.10. The normalized spacial score (nSPS) is 14.1. The summed E-state index contributed by atoms with van der Waals surface area (Å²) in [4.78, 5) is 17.3. The Labute approximate surface area is 184 Å². The quantitative estimate of drug-likeness (QED) is 0.465. The number of hydrogen-bond donors (Lipinski definition) is 2. The number of para-hydroxylation sites is 1. The monoisotopic (exact) mass is 443 g/mol. The topological polar surface area (TPSA) is 95.7 Å². The SMILES string of the molecule is COc1ccccc1-c1noc(C)c1C(=O)N1CCN(c2ccc([NH2+]O)cc2Cl)CC1. The summed E-state index contributed by atoms with van der Waals surface area (Å²) in [5.41, 5.74) is 4.22. The van der Waals surface area contributed by atoms with Crippen LogP contribution >= 0.6 is 11.6 Å². The minimum Gasteiger partial charge on any atom is -0.496 e. The van der Waals surface area contributed by atoms with Crippen molar-refractivity contribution in [3.8, 4) is 17.0 Å². The molecule has 1 aliphatic heterocycles. The molecule has 0 spiro atoms. The second-order valence-corrected chi connectivity index (χ2v) is 7.69. The molecule has 0 unspecified atom stereocenters. The minimum atomic E-state index is -0.115. The number of carbonyl (C=O) groups is 1. The Balaban J connectivity index is 1.53. The molecule has 8 nitrogen and oxygen atoms in total. The van der Waals surface area contributed by atoms with Crippen molar-refractivity contribution in [1.29, 1.82) is 0 Å². The third-order valence-electron chi connectivity index (χ3n) is 5.47. The second kappa shape index (κ2) is 8.97. The molecule has 0 aliphatic carbocycles. The fraction of sp³-hybridized carbons (Fsp3) is 0.273. The first-order chi connectivity index (χ1) is 15.0. The van der Waals surface area contributed by atoms with Crippen LogP contribution in [-0.4, -0.2) is 54.5 Å². The van der Waals surface area contributed by atoms with Crippen molar-refractivity contribution in [2.45, 2.75) is 6.92 Å². The molecule has 0 bridgehead atoms. The van der Waals surface area contributed by atoms with Gasteiger partial charge in [-0.1, -0.05) is 28.9 Å². The van der Waals surface area contributed by atoms with Crippen LogP contribution in [0.2, 0.25) is 5.02 Å². The van der Waals surface area contributed by atoms with E-state index >= 15 is 0 Å². The summed E-state index contributed by atoms with van der Waals surface area (Å²) in [6.07, 6.45) is 0. The molecule has 3 N–H and O–H groups in total. The predicted molar refractivity (Wildman–Crippen MR) is 116 cm³/mol. The zero-order valence-electron chi connectivity index (χ0n) is 17.3. The number of aromatic nitrogens is 1. The number of ether oxygens (including phenoxy) is 1. The molecular formula is C22H24ClN4O4+. The molecule has 1 fully saturated rings. The summed E-state index contributed by atoms with van der Waals surface area (Å²) in [7, 11) is 1.59. The van der Waals surface area contributed by atoms with Crippen LogP contribution in [0.15, 0.2) is 47.0 Å². The first-order valence-corrected chi connectivity index (χ1v) is 10.3. The number of anilines is 1. The highest BCUT2D eigenvalue weighted by Gasteiger charge is 2.30. The van der Waals surface area contributed by atoms with Gasteiger partial charge in [-0.3, -0.25) is 4.79 Å². The molecule has 4 rings (SSSR count). The highest BCUT2D eigenvalue weighted by Crippen LogP contribution is 2.34. The maximum Gasteiger partial charge on any atom is 0.259 e. The van der Waals surface area contributed by atoms with Crippen LogP contribution in [-0.2, 0) is 0 Å². The Hall–Kier alpha value is -3.07. The number of halogens is 1. The third-order valence-corrected chi connectivity index (χ3v) is 5.77. The van der Waals surface area contributed by atoms with E-state index in [0.717, 1.165) is 16.7 Å². The zero-order chi connectivity index (χ0) is 22.0. The van der Waals surface area contributed by atoms with Crippen LogP contribution in [0.4, 0.5) is 11.4 Å². The Bertz CT molecular complexity index is 1090. The highest BCUT2D eigenvalue weighted by molar-refractivity contribution is 6.33. The van der Waals surface area contributed by atoms with Gasteiger partial charge in [-0.05, 0) is 25.1 Å². The Morgan fingerprint density at radius 3 is 2.61 bits per heavy atom. The number of nitrogens with two attached hydrogens (primary N) is 1. The van der Waals surface area contributed by atoms with Gasteiger partial charge in [0.15, 0.2) is 5.69 Å². The number of methoxy groups -OCH3 is 1. The summed E-state index contributed by atoms with van der Waals surface area (Å²) in [5, 5.41) is 13.9. The van der Waals surface area contributed by atoms with Gasteiger partial charge in [0.25, 0.3) is 5.91 Å². The van der Waals surface area contributed by atoms with Crippen LogP contribution in [0.3, 0.4) is 0 Å². The number of rotatable bonds is 5. The fourth-order valence-corrected chi connectivity index (χ4v) is 4.13. The maximum absolute atomic E-state index is 13.4. The molecule has 1 aliphatic rings. The van der Waals surface area contributed by atoms with Crippen LogP contribution < -0.4 is 15.1 Å². The van der Waals surface area contributed by atoms with Gasteiger partial charge in [0.2, 0.25) is 0 Å². The molecule has 0 atom stereocenters. The Kier molecular flexibility index (Phi) is 6.13. The van der Waals surface area contributed by atoms with Crippen molar-refractivity contribution in [3.05, 3.63) is 58.8 Å². The molecule has 2 aromatic carbocycles. The molecule has 9 heteroatoms. The van der Waals surface area contributed by atoms with E-state index in [-0.39, 0.29) is 5.91 Å². The average molecular weight is 444 g/mol. The molecule has 1 saturated heterocycles. The lowest BCUT2D eigenvalue weighted by Gasteiger charge is -2.36. The van der Waals surface area contributed by atoms with Crippen LogP contribution in [0.5, 0.6) is 5.75 Å². The van der Waals surface area contributed by atoms with Crippen molar-refractivity contribution in [3.63, 3.8) is 0 Å². The molecule has 2 heterocycles. The van der Waals surface area contributed by atoms with Gasteiger partial charge in [-0.2, -0.15) is 5.48 Å². The molecule has 31 heavy (non-hydrogen) atoms. The van der Waals surface area contributed by atoms with Crippen LogP contribution in [0.25, 0.3) is 11.3 Å². The first-order valence-electron chi connectivity index (χ1n) is 9.94. The molecule has 3 aromatic rings. The van der Waals surface area contributed by atoms with Gasteiger partial charge in [0.1, 0.15) is 22.8 Å². The largest absolute Gasteiger partial charge is 0.496 e. The Morgan fingerprint density at radius 1 is 1.19 bits per heavy atom. The van der Waals surface area contributed by atoms with Crippen molar-refractivity contribution in [1.82, 2.24) is 10.1 Å². The number of piperazine rings is 1. The van der Waals surface area contributed by atoms with E-state index in [1.54, 1.807) is 31.1 Å². The summed E-state index contributed by atoms with van der Waals surface area (Å²) in [6, 6.07) is 12.8. The van der Waals surface area contributed by atoms with E-state index in [9.17, 15) is 4.79 Å². The molecule has 0 radical (unpaired) electrons. The van der Waals surface area contributed by atoms with Gasteiger partial charge in [-0.25, -0.2) is 5.21 Å². The summed E-state index contributed by atoms with van der Waals surface area (Å²) in [5.74, 6) is 0.996. The van der Waals surface area contributed by atoms with Gasteiger partial charge in [-0.15, -0.1) is 0 Å². The van der Waals surface area contributed by atoms with Gasteiger partial charge in [0, 0.05) is 43.9 Å². The smallest absolute Gasteiger partial charge is 0.259 e. The van der Waals surface area contributed by atoms with E-state index in [1.165, 1.54) is 0 Å². The van der Waals surface area contributed by atoms with Gasteiger partial charge < -0.3 is 19.1 Å². The number of aryl methyl sites for hydroxylation is 1. The van der Waals surface area contributed by atoms with E-state index < -0.39 is 0 Å². The predicted octanol–water partition coefficient (Wildman–Crippen LogP) is 2.86. The van der Waals surface area contributed by atoms with Crippen LogP contribution in [0.1, 0.15) is 16.1 Å². The molecule has 0 saturated carbocycles. The summed E-state index contributed by atoms with van der Waals surface area (Å²) >= 11 is 6.37. The lowest BCUT2D eigenvalue weighted by Crippen LogP contribution is -2.73. The summed E-state index contributed by atoms with van der Waals surface area (Å²) < 4.78 is 10.8. The standard InChI is InChI=1S/C22H23ClN4O4/c1-14-20(21(25-31-14)16-5-3-4-6-19(16)30-2)22(28)27-11-9-26(10-12-27)18-8-7-15(24-29)13-17(18)23/h3-8,13,24,29H,9-12H2,1-2H3/p+1. The first kappa shape index (κ1) is 21.2. The Morgan fingerprint density at radius 2 is 1.94 bits per heavy atom. The van der Waals surface area contributed by atoms with Crippen molar-refractivity contribution < 1.29 is 24.7 Å². The highest BCUT2D eigenvalue weighted by atomic mass is 35.5. The molecular weight excluding hydrogens is 420 g/mol. The van der Waals surface area contributed by atoms with Crippen LogP contribution in [0, 0.1) is 6.92 Å². The second-order valence-electron chi connectivity index (χ2n) is 7.28. The summed E-state index contributed by atoms with van der Waals surface area (Å²) in [6.45, 7) is 4.11. The lowest BCUT2D eigenvalue weighted by molar-refractivity contribution is -0.825. The zero-order valence-corrected chi connectivity index (χ0v) is 18.1. The van der Waals surface area contributed by atoms with E-state index in [1.807, 2.05) is 30.3 Å². The number of quaternary nitrogens is 1. The molecule has 162 valence electrons. The number of amides is 1. The van der Waals surface area contributed by atoms with Crippen molar-refractivity contribution in [2.75, 3.05) is 38.2 Å². The number of hydrogen-bond acceptors (Lipinski definition) is 6. The van der Waals surface area contributed by atoms with E-state index in [0.29, 0.717) is 59.7 Å². The number of carbonyl (C=O) groups excluding carboxylic acids is 1. The van der Waals surface area contributed by atoms with E-state index in [4.69, 9.17) is 26.1 Å². The average Bonchev–Trinajstić information content (AvgIpc) is 3.19. The maximum atomic E-state index is 13.4. The lowest BCUT2D eigenvalue weighted by atomic mass is 10.0. The molecule has 1 aromatic heterocycles. The van der Waals surface area contributed by atoms with Crippen molar-refractivity contribution >= 4 is 28.9 Å². The van der Waals surface area contributed by atoms with E-state index in [2.05, 4.69) is 10.1 Å². The minimum absolute atomic E-state index is 0.115. The molecule has 1 amide bonds. The van der Waals surface area contributed by atoms with Gasteiger partial charge in [0.05, 0.1) is 17.8 Å². The fourth-order valence-electron chi connectivity index (χ4n) is 3.82. The number of benzene rings is 2. The number of nitrogens with zero attached hydrogens (tertiary/aromatic N) is 3. The van der Waals surface area contributed by atoms with Crippen molar-refractivity contribution in [2.24, 2.45) is 0 Å². The van der Waals surface area contributed by atoms with Gasteiger partial charge >= 0.3 is 0 Å².